The Hall–Kier alpha value is -2.04. The molecule has 1 heterocycles. The Labute approximate surface area is 186 Å². The Morgan fingerprint density at radius 3 is 2.50 bits per heavy atom. The van der Waals surface area contributed by atoms with Crippen LogP contribution in [0.25, 0.3) is 0 Å². The van der Waals surface area contributed by atoms with Crippen molar-refractivity contribution in [2.75, 3.05) is 7.11 Å². The summed E-state index contributed by atoms with van der Waals surface area (Å²) in [4.78, 5) is 24.8. The van der Waals surface area contributed by atoms with Crippen molar-refractivity contribution < 1.29 is 14.3 Å². The number of nitrogens with one attached hydrogen (secondary N) is 1. The molecule has 0 spiro atoms. The van der Waals surface area contributed by atoms with Crippen molar-refractivity contribution in [3.05, 3.63) is 69.7 Å². The molecule has 1 saturated heterocycles. The van der Waals surface area contributed by atoms with Crippen LogP contribution in [0.2, 0.25) is 10.0 Å². The molecule has 0 bridgehead atoms. The van der Waals surface area contributed by atoms with Gasteiger partial charge in [0.05, 0.1) is 13.5 Å². The van der Waals surface area contributed by atoms with Gasteiger partial charge in [-0.2, -0.15) is 0 Å². The van der Waals surface area contributed by atoms with Crippen LogP contribution in [0.4, 0.5) is 0 Å². The van der Waals surface area contributed by atoms with Gasteiger partial charge in [0.2, 0.25) is 5.91 Å². The van der Waals surface area contributed by atoms with Crippen LogP contribution in [0.3, 0.4) is 0 Å². The number of ether oxygens (including phenoxy) is 1. The molecule has 4 rings (SSSR count). The van der Waals surface area contributed by atoms with Crippen molar-refractivity contribution in [3.63, 3.8) is 0 Å². The molecule has 30 heavy (non-hydrogen) atoms. The highest BCUT2D eigenvalue weighted by Gasteiger charge is 2.46. The van der Waals surface area contributed by atoms with Gasteiger partial charge in [-0.15, -0.1) is 0 Å². The summed E-state index contributed by atoms with van der Waals surface area (Å²) >= 11 is 12.4. The van der Waals surface area contributed by atoms with Gasteiger partial charge in [-0.3, -0.25) is 9.59 Å². The van der Waals surface area contributed by atoms with Gasteiger partial charge in [-0.05, 0) is 60.6 Å². The van der Waals surface area contributed by atoms with E-state index in [9.17, 15) is 9.59 Å². The SMILES string of the molecule is COC(=O)CC1CC(c2cccc(Cl)c2)C(C(c2ccc(Cl)cc2)C2CC2)NC1=O. The first kappa shape index (κ1) is 21.2. The van der Waals surface area contributed by atoms with E-state index in [0.717, 1.165) is 18.4 Å². The fourth-order valence-electron chi connectivity index (χ4n) is 4.74. The molecule has 1 amide bonds. The molecule has 2 aromatic rings. The van der Waals surface area contributed by atoms with Gasteiger partial charge in [-0.25, -0.2) is 0 Å². The maximum absolute atomic E-state index is 13.0. The number of hydrogen-bond acceptors (Lipinski definition) is 3. The number of hydrogen-bond donors (Lipinski definition) is 1. The summed E-state index contributed by atoms with van der Waals surface area (Å²) in [5, 5.41) is 4.64. The first-order valence-electron chi connectivity index (χ1n) is 10.3. The van der Waals surface area contributed by atoms with E-state index in [1.165, 1.54) is 12.7 Å². The highest BCUT2D eigenvalue weighted by molar-refractivity contribution is 6.30. The number of rotatable bonds is 6. The first-order chi connectivity index (χ1) is 14.5. The fraction of sp³-hybridized carbons (Fsp3) is 0.417. The van der Waals surface area contributed by atoms with Gasteiger partial charge < -0.3 is 10.1 Å². The third kappa shape index (κ3) is 4.65. The minimum absolute atomic E-state index is 0.0531. The van der Waals surface area contributed by atoms with Gasteiger partial charge >= 0.3 is 5.97 Å². The summed E-state index contributed by atoms with van der Waals surface area (Å²) in [5.74, 6) is -0.0946. The van der Waals surface area contributed by atoms with Crippen LogP contribution in [0, 0.1) is 11.8 Å². The molecule has 4 unspecified atom stereocenters. The third-order valence-electron chi connectivity index (χ3n) is 6.34. The lowest BCUT2D eigenvalue weighted by molar-refractivity contribution is -0.145. The normalized spacial score (nSPS) is 24.8. The highest BCUT2D eigenvalue weighted by atomic mass is 35.5. The van der Waals surface area contributed by atoms with E-state index in [4.69, 9.17) is 27.9 Å². The quantitative estimate of drug-likeness (QED) is 0.610. The molecule has 1 N–H and O–H groups in total. The Balaban J connectivity index is 1.70. The third-order valence-corrected chi connectivity index (χ3v) is 6.83. The van der Waals surface area contributed by atoms with Crippen molar-refractivity contribution in [1.29, 1.82) is 0 Å². The molecule has 1 aliphatic carbocycles. The largest absolute Gasteiger partial charge is 0.469 e. The van der Waals surface area contributed by atoms with Crippen LogP contribution in [-0.2, 0) is 14.3 Å². The number of piperidine rings is 1. The van der Waals surface area contributed by atoms with Gasteiger partial charge in [0.15, 0.2) is 0 Å². The zero-order chi connectivity index (χ0) is 21.3. The van der Waals surface area contributed by atoms with E-state index in [-0.39, 0.29) is 36.2 Å². The number of amides is 1. The van der Waals surface area contributed by atoms with Crippen molar-refractivity contribution >= 4 is 35.1 Å². The second-order valence-corrected chi connectivity index (χ2v) is 9.20. The fourth-order valence-corrected chi connectivity index (χ4v) is 5.06. The standard InChI is InChI=1S/C24H25Cl2NO3/c1-30-21(28)13-17-12-20(16-3-2-4-19(26)11-16)23(27-24(17)29)22(14-5-6-14)15-7-9-18(25)10-8-15/h2-4,7-11,14,17,20,22-23H,5-6,12-13H2,1H3,(H,27,29). The Morgan fingerprint density at radius 1 is 1.13 bits per heavy atom. The maximum atomic E-state index is 13.0. The molecule has 6 heteroatoms. The molecular weight excluding hydrogens is 421 g/mol. The second kappa shape index (κ2) is 8.99. The molecule has 1 aliphatic heterocycles. The molecule has 2 fully saturated rings. The molecular formula is C24H25Cl2NO3. The summed E-state index contributed by atoms with van der Waals surface area (Å²) in [6, 6.07) is 15.7. The summed E-state index contributed by atoms with van der Waals surface area (Å²) in [5.41, 5.74) is 2.27. The summed E-state index contributed by atoms with van der Waals surface area (Å²) in [6.07, 6.45) is 2.96. The summed E-state index contributed by atoms with van der Waals surface area (Å²) < 4.78 is 4.81. The van der Waals surface area contributed by atoms with Crippen molar-refractivity contribution in [2.45, 2.75) is 43.6 Å². The topological polar surface area (TPSA) is 55.4 Å². The number of benzene rings is 2. The first-order valence-corrected chi connectivity index (χ1v) is 11.1. The van der Waals surface area contributed by atoms with Crippen LogP contribution in [0.5, 0.6) is 0 Å². The summed E-state index contributed by atoms with van der Waals surface area (Å²) in [6.45, 7) is 0. The number of methoxy groups -OCH3 is 1. The van der Waals surface area contributed by atoms with E-state index in [2.05, 4.69) is 23.5 Å². The van der Waals surface area contributed by atoms with E-state index in [1.807, 2.05) is 30.3 Å². The second-order valence-electron chi connectivity index (χ2n) is 8.32. The van der Waals surface area contributed by atoms with Crippen LogP contribution in [0.15, 0.2) is 48.5 Å². The highest BCUT2D eigenvalue weighted by Crippen LogP contribution is 2.50. The van der Waals surface area contributed by atoms with Gasteiger partial charge in [0, 0.05) is 33.8 Å². The van der Waals surface area contributed by atoms with Crippen molar-refractivity contribution in [3.8, 4) is 0 Å². The Morgan fingerprint density at radius 2 is 1.87 bits per heavy atom. The molecule has 2 aliphatic rings. The molecule has 0 radical (unpaired) electrons. The molecule has 0 aromatic heterocycles. The molecule has 2 aromatic carbocycles. The van der Waals surface area contributed by atoms with E-state index in [1.54, 1.807) is 0 Å². The molecule has 4 atom stereocenters. The lowest BCUT2D eigenvalue weighted by atomic mass is 9.71. The van der Waals surface area contributed by atoms with E-state index < -0.39 is 5.92 Å². The van der Waals surface area contributed by atoms with Crippen molar-refractivity contribution in [2.24, 2.45) is 11.8 Å². The monoisotopic (exact) mass is 445 g/mol. The van der Waals surface area contributed by atoms with E-state index in [0.29, 0.717) is 22.4 Å². The minimum Gasteiger partial charge on any atom is -0.469 e. The van der Waals surface area contributed by atoms with Crippen LogP contribution in [-0.4, -0.2) is 25.0 Å². The van der Waals surface area contributed by atoms with Gasteiger partial charge in [0.1, 0.15) is 0 Å². The lowest BCUT2D eigenvalue weighted by Gasteiger charge is -2.41. The lowest BCUT2D eigenvalue weighted by Crippen LogP contribution is -2.52. The van der Waals surface area contributed by atoms with Gasteiger partial charge in [0.25, 0.3) is 0 Å². The summed E-state index contributed by atoms with van der Waals surface area (Å²) in [7, 11) is 1.35. The van der Waals surface area contributed by atoms with Crippen LogP contribution in [0.1, 0.15) is 48.6 Å². The Bertz CT molecular complexity index is 926. The average Bonchev–Trinajstić information content (AvgIpc) is 3.56. The number of carbonyl (C=O) groups excluding carboxylic acids is 2. The van der Waals surface area contributed by atoms with Crippen LogP contribution < -0.4 is 5.32 Å². The van der Waals surface area contributed by atoms with Gasteiger partial charge in [-0.1, -0.05) is 47.5 Å². The predicted molar refractivity (Wildman–Crippen MR) is 118 cm³/mol. The van der Waals surface area contributed by atoms with E-state index >= 15 is 0 Å². The number of carbonyl (C=O) groups is 2. The Kier molecular flexibility index (Phi) is 6.35. The van der Waals surface area contributed by atoms with Crippen LogP contribution >= 0.6 is 23.2 Å². The maximum Gasteiger partial charge on any atom is 0.306 e. The predicted octanol–water partition coefficient (Wildman–Crippen LogP) is 5.34. The number of esters is 1. The smallest absolute Gasteiger partial charge is 0.306 e. The zero-order valence-electron chi connectivity index (χ0n) is 16.8. The minimum atomic E-state index is -0.414. The molecule has 158 valence electrons. The molecule has 1 saturated carbocycles. The van der Waals surface area contributed by atoms with Crippen molar-refractivity contribution in [1.82, 2.24) is 5.32 Å². The average molecular weight is 446 g/mol. The number of halogens is 2. The zero-order valence-corrected chi connectivity index (χ0v) is 18.3. The molecule has 4 nitrogen and oxygen atoms in total.